The van der Waals surface area contributed by atoms with Gasteiger partial charge >= 0.3 is 0 Å². The molecule has 1 saturated heterocycles. The molecule has 0 amide bonds. The molecule has 4 heteroatoms. The predicted molar refractivity (Wildman–Crippen MR) is 83.1 cm³/mol. The number of likely N-dealkylation sites (tertiary alicyclic amines) is 1. The molecular weight excluding hydrogens is 269 g/mol. The van der Waals surface area contributed by atoms with E-state index < -0.39 is 0 Å². The van der Waals surface area contributed by atoms with Crippen LogP contribution in [0.25, 0.3) is 6.08 Å². The van der Waals surface area contributed by atoms with Crippen molar-refractivity contribution in [2.45, 2.75) is 19.3 Å². The highest BCUT2D eigenvalue weighted by atomic mass is 19.1. The zero-order valence-electron chi connectivity index (χ0n) is 12.7. The average Bonchev–Trinajstić information content (AvgIpc) is 3.01. The van der Waals surface area contributed by atoms with Crippen LogP contribution in [0.15, 0.2) is 24.3 Å². The van der Waals surface area contributed by atoms with Gasteiger partial charge in [-0.1, -0.05) is 18.2 Å². The van der Waals surface area contributed by atoms with Crippen molar-refractivity contribution in [1.82, 2.24) is 4.90 Å². The van der Waals surface area contributed by atoms with E-state index in [-0.39, 0.29) is 11.6 Å². The Morgan fingerprint density at radius 3 is 2.86 bits per heavy atom. The minimum absolute atomic E-state index is 0.267. The Morgan fingerprint density at radius 1 is 1.29 bits per heavy atom. The van der Waals surface area contributed by atoms with Crippen LogP contribution < -0.4 is 4.74 Å². The van der Waals surface area contributed by atoms with Gasteiger partial charge in [0.1, 0.15) is 0 Å². The van der Waals surface area contributed by atoms with Crippen LogP contribution in [0, 0.1) is 5.82 Å². The fourth-order valence-corrected chi connectivity index (χ4v) is 2.51. The Morgan fingerprint density at radius 2 is 2.10 bits per heavy atom. The molecule has 0 N–H and O–H groups in total. The SMILES string of the molecule is COc1cc(/C=C/COCCCN2CCCC2)ccc1F. The van der Waals surface area contributed by atoms with Crippen molar-refractivity contribution in [3.63, 3.8) is 0 Å². The summed E-state index contributed by atoms with van der Waals surface area (Å²) in [6, 6.07) is 4.82. The number of hydrogen-bond donors (Lipinski definition) is 0. The summed E-state index contributed by atoms with van der Waals surface area (Å²) in [5.41, 5.74) is 0.911. The van der Waals surface area contributed by atoms with Crippen LogP contribution >= 0.6 is 0 Å². The molecule has 1 aromatic rings. The third-order valence-corrected chi connectivity index (χ3v) is 3.66. The summed E-state index contributed by atoms with van der Waals surface area (Å²) in [5, 5.41) is 0. The zero-order valence-corrected chi connectivity index (χ0v) is 12.7. The molecule has 1 aliphatic rings. The molecule has 0 bridgehead atoms. The molecular formula is C17H24FNO2. The van der Waals surface area contributed by atoms with Crippen molar-refractivity contribution in [2.24, 2.45) is 0 Å². The van der Waals surface area contributed by atoms with Crippen LogP contribution in [0.4, 0.5) is 4.39 Å². The van der Waals surface area contributed by atoms with Crippen molar-refractivity contribution >= 4 is 6.08 Å². The van der Waals surface area contributed by atoms with Gasteiger partial charge in [-0.3, -0.25) is 0 Å². The first-order valence-electron chi connectivity index (χ1n) is 7.60. The third kappa shape index (κ3) is 5.48. The molecule has 21 heavy (non-hydrogen) atoms. The smallest absolute Gasteiger partial charge is 0.165 e. The third-order valence-electron chi connectivity index (χ3n) is 3.66. The van der Waals surface area contributed by atoms with Gasteiger partial charge in [0.2, 0.25) is 0 Å². The zero-order chi connectivity index (χ0) is 14.9. The molecule has 0 saturated carbocycles. The summed E-state index contributed by atoms with van der Waals surface area (Å²) in [5.74, 6) is -0.0727. The van der Waals surface area contributed by atoms with Crippen LogP contribution in [0.3, 0.4) is 0 Å². The molecule has 1 fully saturated rings. The van der Waals surface area contributed by atoms with E-state index in [2.05, 4.69) is 4.90 Å². The minimum Gasteiger partial charge on any atom is -0.494 e. The van der Waals surface area contributed by atoms with Crippen LogP contribution in [-0.4, -0.2) is 44.9 Å². The highest BCUT2D eigenvalue weighted by molar-refractivity contribution is 5.52. The van der Waals surface area contributed by atoms with Crippen molar-refractivity contribution in [2.75, 3.05) is 40.0 Å². The predicted octanol–water partition coefficient (Wildman–Crippen LogP) is 3.35. The maximum absolute atomic E-state index is 13.2. The van der Waals surface area contributed by atoms with Crippen molar-refractivity contribution in [3.8, 4) is 5.75 Å². The van der Waals surface area contributed by atoms with E-state index in [9.17, 15) is 4.39 Å². The second-order valence-electron chi connectivity index (χ2n) is 5.27. The fourth-order valence-electron chi connectivity index (χ4n) is 2.51. The molecule has 0 aromatic heterocycles. The number of halogens is 1. The van der Waals surface area contributed by atoms with E-state index in [1.807, 2.05) is 12.2 Å². The molecule has 116 valence electrons. The maximum atomic E-state index is 13.2. The lowest BCUT2D eigenvalue weighted by Crippen LogP contribution is -2.21. The lowest BCUT2D eigenvalue weighted by atomic mass is 10.2. The summed E-state index contributed by atoms with van der Waals surface area (Å²) in [6.07, 6.45) is 7.62. The first-order valence-corrected chi connectivity index (χ1v) is 7.60. The second-order valence-corrected chi connectivity index (χ2v) is 5.27. The first kappa shape index (κ1) is 16.0. The first-order chi connectivity index (χ1) is 10.3. The van der Waals surface area contributed by atoms with Gasteiger partial charge < -0.3 is 14.4 Å². The van der Waals surface area contributed by atoms with Gasteiger partial charge in [-0.2, -0.15) is 0 Å². The summed E-state index contributed by atoms with van der Waals surface area (Å²) in [7, 11) is 1.47. The Hall–Kier alpha value is -1.39. The van der Waals surface area contributed by atoms with Gasteiger partial charge in [0.25, 0.3) is 0 Å². The molecule has 0 atom stereocenters. The van der Waals surface area contributed by atoms with Crippen molar-refractivity contribution in [3.05, 3.63) is 35.7 Å². The Balaban J connectivity index is 1.61. The number of nitrogens with zero attached hydrogens (tertiary/aromatic N) is 1. The Labute approximate surface area is 126 Å². The van der Waals surface area contributed by atoms with E-state index in [4.69, 9.17) is 9.47 Å². The molecule has 0 spiro atoms. The highest BCUT2D eigenvalue weighted by Crippen LogP contribution is 2.18. The molecule has 1 heterocycles. The van der Waals surface area contributed by atoms with Crippen molar-refractivity contribution in [1.29, 1.82) is 0 Å². The number of rotatable bonds is 8. The molecule has 1 aromatic carbocycles. The minimum atomic E-state index is -0.340. The summed E-state index contributed by atoms with van der Waals surface area (Å²) in [6.45, 7) is 4.99. The van der Waals surface area contributed by atoms with Crippen LogP contribution in [-0.2, 0) is 4.74 Å². The quantitative estimate of drug-likeness (QED) is 0.686. The normalized spacial score (nSPS) is 15.9. The lowest BCUT2D eigenvalue weighted by Gasteiger charge is -2.13. The van der Waals surface area contributed by atoms with E-state index in [1.165, 1.54) is 39.1 Å². The molecule has 0 unspecified atom stereocenters. The monoisotopic (exact) mass is 293 g/mol. The number of hydrogen-bond acceptors (Lipinski definition) is 3. The molecule has 0 radical (unpaired) electrons. The van der Waals surface area contributed by atoms with Crippen molar-refractivity contribution < 1.29 is 13.9 Å². The van der Waals surface area contributed by atoms with Gasteiger partial charge in [0.15, 0.2) is 11.6 Å². The van der Waals surface area contributed by atoms with E-state index in [0.29, 0.717) is 6.61 Å². The van der Waals surface area contributed by atoms with Gasteiger partial charge in [-0.25, -0.2) is 4.39 Å². The number of methoxy groups -OCH3 is 1. The van der Waals surface area contributed by atoms with E-state index in [0.717, 1.165) is 25.1 Å². The highest BCUT2D eigenvalue weighted by Gasteiger charge is 2.09. The van der Waals surface area contributed by atoms with Gasteiger partial charge in [0, 0.05) is 13.2 Å². The van der Waals surface area contributed by atoms with E-state index in [1.54, 1.807) is 12.1 Å². The topological polar surface area (TPSA) is 21.7 Å². The Bertz CT molecular complexity index is 456. The van der Waals surface area contributed by atoms with E-state index >= 15 is 0 Å². The fraction of sp³-hybridized carbons (Fsp3) is 0.529. The molecule has 0 aliphatic carbocycles. The van der Waals surface area contributed by atoms with Crippen LogP contribution in [0.2, 0.25) is 0 Å². The molecule has 3 nitrogen and oxygen atoms in total. The number of benzene rings is 1. The summed E-state index contributed by atoms with van der Waals surface area (Å²) < 4.78 is 23.8. The van der Waals surface area contributed by atoms with Crippen LogP contribution in [0.5, 0.6) is 5.75 Å². The second kappa shape index (κ2) is 8.80. The standard InChI is InChI=1S/C17H24FNO2/c1-20-17-14-15(7-8-16(17)18)6-4-12-21-13-5-11-19-9-2-3-10-19/h4,6-8,14H,2-3,5,9-13H2,1H3/b6-4+. The van der Waals surface area contributed by atoms with Crippen LogP contribution in [0.1, 0.15) is 24.8 Å². The maximum Gasteiger partial charge on any atom is 0.165 e. The Kier molecular flexibility index (Phi) is 6.70. The van der Waals surface area contributed by atoms with Gasteiger partial charge in [0.05, 0.1) is 13.7 Å². The van der Waals surface area contributed by atoms with Gasteiger partial charge in [-0.05, 0) is 50.0 Å². The average molecular weight is 293 g/mol. The summed E-state index contributed by atoms with van der Waals surface area (Å²) >= 11 is 0. The number of ether oxygens (including phenoxy) is 2. The van der Waals surface area contributed by atoms with Gasteiger partial charge in [-0.15, -0.1) is 0 Å². The summed E-state index contributed by atoms with van der Waals surface area (Å²) in [4.78, 5) is 2.49. The molecule has 2 rings (SSSR count). The largest absolute Gasteiger partial charge is 0.494 e. The lowest BCUT2D eigenvalue weighted by molar-refractivity contribution is 0.149. The molecule has 1 aliphatic heterocycles.